The van der Waals surface area contributed by atoms with Crippen LogP contribution in [0.1, 0.15) is 5.56 Å². The molecule has 0 aromatic carbocycles. The summed E-state index contributed by atoms with van der Waals surface area (Å²) in [5.41, 5.74) is 0.557. The summed E-state index contributed by atoms with van der Waals surface area (Å²) < 4.78 is 31.4. The third kappa shape index (κ3) is 3.20. The molecule has 0 amide bonds. The molecule has 2 rings (SSSR count). The summed E-state index contributed by atoms with van der Waals surface area (Å²) in [7, 11) is 0. The molecule has 88 valence electrons. The number of rotatable bonds is 3. The minimum Gasteiger partial charge on any atom is -0.486 e. The second-order valence-electron chi connectivity index (χ2n) is 3.24. The van der Waals surface area contributed by atoms with Crippen molar-refractivity contribution in [1.82, 2.24) is 9.97 Å². The topological polar surface area (TPSA) is 35.0 Å². The van der Waals surface area contributed by atoms with E-state index in [2.05, 4.69) is 25.9 Å². The van der Waals surface area contributed by atoms with Crippen molar-refractivity contribution in [3.8, 4) is 5.75 Å². The van der Waals surface area contributed by atoms with Gasteiger partial charge in [-0.25, -0.2) is 13.8 Å². The van der Waals surface area contributed by atoms with E-state index in [0.29, 0.717) is 10.2 Å². The standard InChI is InChI=1S/C11H7BrF2N2O/c12-11-10(2-9(14)5-16-11)17-6-7-1-8(13)4-15-3-7/h1-5H,6H2. The summed E-state index contributed by atoms with van der Waals surface area (Å²) in [6, 6.07) is 2.50. The van der Waals surface area contributed by atoms with Gasteiger partial charge < -0.3 is 4.74 Å². The van der Waals surface area contributed by atoms with Crippen molar-refractivity contribution >= 4 is 15.9 Å². The van der Waals surface area contributed by atoms with E-state index < -0.39 is 11.6 Å². The van der Waals surface area contributed by atoms with E-state index >= 15 is 0 Å². The van der Waals surface area contributed by atoms with Gasteiger partial charge in [0.25, 0.3) is 0 Å². The van der Waals surface area contributed by atoms with E-state index in [0.717, 1.165) is 12.4 Å². The molecule has 0 N–H and O–H groups in total. The first-order valence-corrected chi connectivity index (χ1v) is 5.48. The highest BCUT2D eigenvalue weighted by molar-refractivity contribution is 9.10. The number of pyridine rings is 2. The Morgan fingerprint density at radius 2 is 1.88 bits per heavy atom. The molecule has 0 aliphatic carbocycles. The Morgan fingerprint density at radius 3 is 2.65 bits per heavy atom. The molecule has 0 radical (unpaired) electrons. The predicted molar refractivity (Wildman–Crippen MR) is 60.4 cm³/mol. The highest BCUT2D eigenvalue weighted by Crippen LogP contribution is 2.23. The first-order chi connectivity index (χ1) is 8.15. The molecule has 0 aliphatic rings. The number of hydrogen-bond donors (Lipinski definition) is 0. The van der Waals surface area contributed by atoms with Crippen molar-refractivity contribution < 1.29 is 13.5 Å². The number of hydrogen-bond acceptors (Lipinski definition) is 3. The first kappa shape index (κ1) is 11.9. The highest BCUT2D eigenvalue weighted by atomic mass is 79.9. The molecule has 0 unspecified atom stereocenters. The average molecular weight is 301 g/mol. The van der Waals surface area contributed by atoms with Gasteiger partial charge in [-0.15, -0.1) is 0 Å². The Morgan fingerprint density at radius 1 is 1.12 bits per heavy atom. The normalized spacial score (nSPS) is 10.3. The molecule has 0 saturated heterocycles. The molecule has 0 spiro atoms. The maximum atomic E-state index is 12.9. The van der Waals surface area contributed by atoms with Gasteiger partial charge in [0.15, 0.2) is 5.75 Å². The zero-order valence-corrected chi connectivity index (χ0v) is 10.1. The molecule has 0 saturated carbocycles. The van der Waals surface area contributed by atoms with Gasteiger partial charge in [-0.05, 0) is 22.0 Å². The number of ether oxygens (including phenoxy) is 1. The molecule has 0 bridgehead atoms. The largest absolute Gasteiger partial charge is 0.486 e. The minimum absolute atomic E-state index is 0.0918. The maximum absolute atomic E-state index is 12.9. The Bertz CT molecular complexity index is 537. The number of nitrogens with zero attached hydrogens (tertiary/aromatic N) is 2. The summed E-state index contributed by atoms with van der Waals surface area (Å²) in [5, 5.41) is 0. The van der Waals surface area contributed by atoms with Gasteiger partial charge >= 0.3 is 0 Å². The van der Waals surface area contributed by atoms with Gasteiger partial charge in [-0.2, -0.15) is 0 Å². The van der Waals surface area contributed by atoms with Crippen molar-refractivity contribution in [3.05, 3.63) is 52.5 Å². The summed E-state index contributed by atoms with van der Waals surface area (Å²) in [5.74, 6) is -0.683. The average Bonchev–Trinajstić information content (AvgIpc) is 2.30. The summed E-state index contributed by atoms with van der Waals surface area (Å²) in [6.07, 6.45) is 3.65. The van der Waals surface area contributed by atoms with E-state index in [1.165, 1.54) is 18.3 Å². The fourth-order valence-electron chi connectivity index (χ4n) is 1.20. The van der Waals surface area contributed by atoms with Crippen LogP contribution in [0.25, 0.3) is 0 Å². The second-order valence-corrected chi connectivity index (χ2v) is 3.99. The van der Waals surface area contributed by atoms with Crippen molar-refractivity contribution in [1.29, 1.82) is 0 Å². The van der Waals surface area contributed by atoms with E-state index in [9.17, 15) is 8.78 Å². The van der Waals surface area contributed by atoms with Gasteiger partial charge in [0.2, 0.25) is 0 Å². The van der Waals surface area contributed by atoms with Crippen LogP contribution >= 0.6 is 15.9 Å². The molecule has 3 nitrogen and oxygen atoms in total. The minimum atomic E-state index is -0.499. The fourth-order valence-corrected chi connectivity index (χ4v) is 1.53. The van der Waals surface area contributed by atoms with Crippen LogP contribution in [0.5, 0.6) is 5.75 Å². The van der Waals surface area contributed by atoms with Gasteiger partial charge in [0, 0.05) is 17.8 Å². The molecular weight excluding hydrogens is 294 g/mol. The van der Waals surface area contributed by atoms with Crippen molar-refractivity contribution in [3.63, 3.8) is 0 Å². The van der Waals surface area contributed by atoms with E-state index in [1.54, 1.807) is 0 Å². The molecular formula is C11H7BrF2N2O. The molecule has 2 heterocycles. The van der Waals surface area contributed by atoms with Crippen molar-refractivity contribution in [2.24, 2.45) is 0 Å². The van der Waals surface area contributed by atoms with Crippen molar-refractivity contribution in [2.45, 2.75) is 6.61 Å². The van der Waals surface area contributed by atoms with Gasteiger partial charge in [-0.3, -0.25) is 4.98 Å². The Hall–Kier alpha value is -1.56. The Balaban J connectivity index is 2.09. The predicted octanol–water partition coefficient (Wildman–Crippen LogP) is 3.10. The van der Waals surface area contributed by atoms with Crippen LogP contribution in [-0.2, 0) is 6.61 Å². The monoisotopic (exact) mass is 300 g/mol. The lowest BCUT2D eigenvalue weighted by Gasteiger charge is -2.07. The highest BCUT2D eigenvalue weighted by Gasteiger charge is 2.05. The van der Waals surface area contributed by atoms with Gasteiger partial charge in [-0.1, -0.05) is 0 Å². The maximum Gasteiger partial charge on any atom is 0.155 e. The molecule has 2 aromatic rings. The van der Waals surface area contributed by atoms with Crippen LogP contribution in [0, 0.1) is 11.6 Å². The molecule has 0 aliphatic heterocycles. The third-order valence-corrected chi connectivity index (χ3v) is 2.52. The lowest BCUT2D eigenvalue weighted by molar-refractivity contribution is 0.299. The first-order valence-electron chi connectivity index (χ1n) is 4.68. The Kier molecular flexibility index (Phi) is 3.63. The van der Waals surface area contributed by atoms with Crippen LogP contribution in [0.3, 0.4) is 0 Å². The van der Waals surface area contributed by atoms with E-state index in [1.807, 2.05) is 0 Å². The van der Waals surface area contributed by atoms with E-state index in [4.69, 9.17) is 4.74 Å². The number of aromatic nitrogens is 2. The van der Waals surface area contributed by atoms with Crippen LogP contribution in [0.2, 0.25) is 0 Å². The SMILES string of the molecule is Fc1cncc(COc2cc(F)cnc2Br)c1. The summed E-state index contributed by atoms with van der Waals surface area (Å²) in [6.45, 7) is 0.0918. The molecule has 0 fully saturated rings. The molecule has 17 heavy (non-hydrogen) atoms. The van der Waals surface area contributed by atoms with Crippen LogP contribution in [0.4, 0.5) is 8.78 Å². The fraction of sp³-hybridized carbons (Fsp3) is 0.0909. The Labute approximate surface area is 105 Å². The molecule has 6 heteroatoms. The number of halogens is 3. The lowest BCUT2D eigenvalue weighted by Crippen LogP contribution is -1.98. The summed E-state index contributed by atoms with van der Waals surface area (Å²) >= 11 is 3.13. The third-order valence-electron chi connectivity index (χ3n) is 1.93. The van der Waals surface area contributed by atoms with Crippen LogP contribution in [-0.4, -0.2) is 9.97 Å². The quantitative estimate of drug-likeness (QED) is 0.817. The summed E-state index contributed by atoms with van der Waals surface area (Å²) in [4.78, 5) is 7.42. The molecule has 2 aromatic heterocycles. The lowest BCUT2D eigenvalue weighted by atomic mass is 10.3. The zero-order chi connectivity index (χ0) is 12.3. The van der Waals surface area contributed by atoms with Crippen LogP contribution < -0.4 is 4.74 Å². The van der Waals surface area contributed by atoms with Crippen molar-refractivity contribution in [2.75, 3.05) is 0 Å². The van der Waals surface area contributed by atoms with Gasteiger partial charge in [0.05, 0.1) is 12.4 Å². The smallest absolute Gasteiger partial charge is 0.155 e. The van der Waals surface area contributed by atoms with Gasteiger partial charge in [0.1, 0.15) is 22.8 Å². The molecule has 0 atom stereocenters. The zero-order valence-electron chi connectivity index (χ0n) is 8.53. The van der Waals surface area contributed by atoms with E-state index in [-0.39, 0.29) is 12.4 Å². The second kappa shape index (κ2) is 5.18. The van der Waals surface area contributed by atoms with Crippen LogP contribution in [0.15, 0.2) is 35.3 Å².